The van der Waals surface area contributed by atoms with Gasteiger partial charge in [-0.15, -0.1) is 0 Å². The van der Waals surface area contributed by atoms with Crippen LogP contribution in [0.5, 0.6) is 23.0 Å². The molecule has 0 N–H and O–H groups in total. The predicted octanol–water partition coefficient (Wildman–Crippen LogP) is 3.31. The molecule has 164 valence electrons. The van der Waals surface area contributed by atoms with Crippen molar-refractivity contribution in [3.8, 4) is 23.0 Å². The predicted molar refractivity (Wildman–Crippen MR) is 115 cm³/mol. The second kappa shape index (κ2) is 8.67. The SMILES string of the molecule is CCN1CCC[C@H]1CN(Cc1ccc2c(c1)OCCO2)C(=O)c1ccc2c(c1)OCO2. The Labute approximate surface area is 182 Å². The number of carbonyl (C=O) groups is 1. The number of rotatable bonds is 6. The lowest BCUT2D eigenvalue weighted by Gasteiger charge is -2.31. The summed E-state index contributed by atoms with van der Waals surface area (Å²) in [5.41, 5.74) is 1.64. The third kappa shape index (κ3) is 4.14. The first kappa shape index (κ1) is 20.0. The fourth-order valence-corrected chi connectivity index (χ4v) is 4.61. The second-order valence-corrected chi connectivity index (χ2v) is 8.16. The molecule has 5 rings (SSSR count). The second-order valence-electron chi connectivity index (χ2n) is 8.16. The summed E-state index contributed by atoms with van der Waals surface area (Å²) in [5.74, 6) is 2.81. The third-order valence-corrected chi connectivity index (χ3v) is 6.22. The normalized spacial score (nSPS) is 19.5. The molecule has 0 saturated carbocycles. The molecule has 2 aromatic rings. The van der Waals surface area contributed by atoms with Crippen LogP contribution in [0.15, 0.2) is 36.4 Å². The fraction of sp³-hybridized carbons (Fsp3) is 0.458. The highest BCUT2D eigenvalue weighted by Gasteiger charge is 2.29. The lowest BCUT2D eigenvalue weighted by Crippen LogP contribution is -2.42. The summed E-state index contributed by atoms with van der Waals surface area (Å²) in [4.78, 5) is 18.0. The first-order chi connectivity index (χ1) is 15.2. The van der Waals surface area contributed by atoms with Crippen LogP contribution in [0.1, 0.15) is 35.7 Å². The van der Waals surface area contributed by atoms with Crippen molar-refractivity contribution in [1.29, 1.82) is 0 Å². The van der Waals surface area contributed by atoms with Crippen LogP contribution in [0.25, 0.3) is 0 Å². The minimum Gasteiger partial charge on any atom is -0.486 e. The minimum absolute atomic E-state index is 0.00357. The Bertz CT molecular complexity index is 963. The van der Waals surface area contributed by atoms with Gasteiger partial charge in [-0.05, 0) is 61.8 Å². The van der Waals surface area contributed by atoms with E-state index in [-0.39, 0.29) is 12.7 Å². The van der Waals surface area contributed by atoms with Crippen LogP contribution >= 0.6 is 0 Å². The molecule has 0 spiro atoms. The Morgan fingerprint density at radius 2 is 1.74 bits per heavy atom. The Hall–Kier alpha value is -2.93. The van der Waals surface area contributed by atoms with E-state index in [2.05, 4.69) is 11.8 Å². The zero-order valence-electron chi connectivity index (χ0n) is 17.8. The van der Waals surface area contributed by atoms with Crippen LogP contribution in [0.2, 0.25) is 0 Å². The molecule has 3 aliphatic heterocycles. The molecular formula is C24H28N2O5. The Morgan fingerprint density at radius 3 is 2.61 bits per heavy atom. The third-order valence-electron chi connectivity index (χ3n) is 6.22. The summed E-state index contributed by atoms with van der Waals surface area (Å²) in [6.07, 6.45) is 2.29. The molecule has 3 heterocycles. The standard InChI is InChI=1S/C24H28N2O5/c1-2-25-9-3-4-19(25)15-26(14-17-5-7-20-22(12-17)29-11-10-28-20)24(27)18-6-8-21-23(13-18)31-16-30-21/h5-8,12-13,19H,2-4,9-11,14-16H2,1H3/t19-/m0/s1. The van der Waals surface area contributed by atoms with E-state index in [1.54, 1.807) is 6.07 Å². The molecule has 7 heteroatoms. The van der Waals surface area contributed by atoms with E-state index in [0.717, 1.165) is 36.6 Å². The van der Waals surface area contributed by atoms with Gasteiger partial charge in [0.05, 0.1) is 0 Å². The molecule has 0 bridgehead atoms. The number of amides is 1. The summed E-state index contributed by atoms with van der Waals surface area (Å²) in [6.45, 7) is 6.79. The highest BCUT2D eigenvalue weighted by molar-refractivity contribution is 5.95. The number of fused-ring (bicyclic) bond motifs is 2. The average molecular weight is 424 g/mol. The zero-order valence-corrected chi connectivity index (χ0v) is 17.8. The van der Waals surface area contributed by atoms with Crippen LogP contribution in [0, 0.1) is 0 Å². The maximum absolute atomic E-state index is 13.6. The number of hydrogen-bond acceptors (Lipinski definition) is 6. The summed E-state index contributed by atoms with van der Waals surface area (Å²) < 4.78 is 22.3. The van der Waals surface area contributed by atoms with Crippen LogP contribution in [0.4, 0.5) is 0 Å². The maximum atomic E-state index is 13.6. The van der Waals surface area contributed by atoms with Crippen molar-refractivity contribution < 1.29 is 23.7 Å². The lowest BCUT2D eigenvalue weighted by atomic mass is 10.1. The van der Waals surface area contributed by atoms with Crippen molar-refractivity contribution in [3.05, 3.63) is 47.5 Å². The summed E-state index contributed by atoms with van der Waals surface area (Å²) >= 11 is 0. The number of hydrogen-bond donors (Lipinski definition) is 0. The van der Waals surface area contributed by atoms with E-state index in [0.29, 0.717) is 49.4 Å². The van der Waals surface area contributed by atoms with Gasteiger partial charge in [0.25, 0.3) is 5.91 Å². The Balaban J connectivity index is 1.40. The first-order valence-corrected chi connectivity index (χ1v) is 11.0. The fourth-order valence-electron chi connectivity index (χ4n) is 4.61. The number of benzene rings is 2. The number of likely N-dealkylation sites (N-methyl/N-ethyl adjacent to an activating group) is 1. The van der Waals surface area contributed by atoms with Crippen LogP contribution in [-0.4, -0.2) is 61.4 Å². The van der Waals surface area contributed by atoms with Gasteiger partial charge in [0.2, 0.25) is 6.79 Å². The van der Waals surface area contributed by atoms with Crippen LogP contribution < -0.4 is 18.9 Å². The van der Waals surface area contributed by atoms with Crippen molar-refractivity contribution in [2.24, 2.45) is 0 Å². The molecule has 1 amide bonds. The molecule has 7 nitrogen and oxygen atoms in total. The Kier molecular flexibility index (Phi) is 5.59. The van der Waals surface area contributed by atoms with Crippen molar-refractivity contribution in [3.63, 3.8) is 0 Å². The molecule has 0 aromatic heterocycles. The van der Waals surface area contributed by atoms with E-state index < -0.39 is 0 Å². The van der Waals surface area contributed by atoms with Gasteiger partial charge < -0.3 is 23.8 Å². The minimum atomic E-state index is -0.00357. The van der Waals surface area contributed by atoms with Gasteiger partial charge in [-0.3, -0.25) is 9.69 Å². The first-order valence-electron chi connectivity index (χ1n) is 11.0. The van der Waals surface area contributed by atoms with Gasteiger partial charge in [0, 0.05) is 24.7 Å². The van der Waals surface area contributed by atoms with Crippen LogP contribution in [0.3, 0.4) is 0 Å². The number of likely N-dealkylation sites (tertiary alicyclic amines) is 1. The smallest absolute Gasteiger partial charge is 0.254 e. The van der Waals surface area contributed by atoms with Crippen LogP contribution in [-0.2, 0) is 6.54 Å². The molecule has 2 aromatic carbocycles. The van der Waals surface area contributed by atoms with E-state index in [1.165, 1.54) is 6.42 Å². The number of ether oxygens (including phenoxy) is 4. The van der Waals surface area contributed by atoms with Gasteiger partial charge in [-0.1, -0.05) is 13.0 Å². The summed E-state index contributed by atoms with van der Waals surface area (Å²) in [7, 11) is 0. The molecule has 1 fully saturated rings. The molecule has 1 saturated heterocycles. The number of nitrogens with zero attached hydrogens (tertiary/aromatic N) is 2. The molecule has 1 atom stereocenters. The summed E-state index contributed by atoms with van der Waals surface area (Å²) in [6, 6.07) is 11.7. The Morgan fingerprint density at radius 1 is 1.00 bits per heavy atom. The van der Waals surface area contributed by atoms with Crippen molar-refractivity contribution in [2.45, 2.75) is 32.4 Å². The number of carbonyl (C=O) groups excluding carboxylic acids is 1. The van der Waals surface area contributed by atoms with Gasteiger partial charge in [-0.25, -0.2) is 0 Å². The topological polar surface area (TPSA) is 60.5 Å². The molecule has 0 aliphatic carbocycles. The van der Waals surface area contributed by atoms with Gasteiger partial charge in [-0.2, -0.15) is 0 Å². The van der Waals surface area contributed by atoms with Gasteiger partial charge in [0.15, 0.2) is 23.0 Å². The maximum Gasteiger partial charge on any atom is 0.254 e. The van der Waals surface area contributed by atoms with Crippen molar-refractivity contribution in [1.82, 2.24) is 9.80 Å². The lowest BCUT2D eigenvalue weighted by molar-refractivity contribution is 0.0691. The summed E-state index contributed by atoms with van der Waals surface area (Å²) in [5, 5.41) is 0. The zero-order chi connectivity index (χ0) is 21.2. The monoisotopic (exact) mass is 424 g/mol. The molecular weight excluding hydrogens is 396 g/mol. The van der Waals surface area contributed by atoms with Gasteiger partial charge >= 0.3 is 0 Å². The van der Waals surface area contributed by atoms with Crippen molar-refractivity contribution >= 4 is 5.91 Å². The highest BCUT2D eigenvalue weighted by atomic mass is 16.7. The molecule has 3 aliphatic rings. The van der Waals surface area contributed by atoms with E-state index in [4.69, 9.17) is 18.9 Å². The quantitative estimate of drug-likeness (QED) is 0.709. The highest BCUT2D eigenvalue weighted by Crippen LogP contribution is 2.34. The largest absolute Gasteiger partial charge is 0.486 e. The van der Waals surface area contributed by atoms with Gasteiger partial charge in [0.1, 0.15) is 13.2 Å². The average Bonchev–Trinajstić information content (AvgIpc) is 3.46. The molecule has 0 unspecified atom stereocenters. The van der Waals surface area contributed by atoms with Crippen molar-refractivity contribution in [2.75, 3.05) is 39.6 Å². The molecule has 0 radical (unpaired) electrons. The molecule has 31 heavy (non-hydrogen) atoms. The van der Waals surface area contributed by atoms with E-state index in [9.17, 15) is 4.79 Å². The van der Waals surface area contributed by atoms with E-state index in [1.807, 2.05) is 35.2 Å². The van der Waals surface area contributed by atoms with E-state index >= 15 is 0 Å².